The third-order valence-electron chi connectivity index (χ3n) is 2.90. The maximum absolute atomic E-state index is 13.3. The molecule has 0 saturated heterocycles. The van der Waals surface area contributed by atoms with Crippen LogP contribution in [0.3, 0.4) is 0 Å². The maximum atomic E-state index is 13.3. The van der Waals surface area contributed by atoms with Crippen LogP contribution in [0.15, 0.2) is 36.4 Å². The summed E-state index contributed by atoms with van der Waals surface area (Å²) in [4.78, 5) is 0. The number of aryl methyl sites for hydroxylation is 1. The highest BCUT2D eigenvalue weighted by molar-refractivity contribution is 6.31. The van der Waals surface area contributed by atoms with Crippen molar-refractivity contribution < 1.29 is 4.39 Å². The first kappa shape index (κ1) is 13.7. The van der Waals surface area contributed by atoms with Crippen LogP contribution < -0.4 is 11.1 Å². The van der Waals surface area contributed by atoms with E-state index in [1.165, 1.54) is 17.7 Å². The molecule has 0 saturated carbocycles. The minimum atomic E-state index is -0.508. The van der Waals surface area contributed by atoms with Crippen LogP contribution in [0.4, 0.5) is 21.5 Å². The molecule has 0 radical (unpaired) electrons. The van der Waals surface area contributed by atoms with Crippen LogP contribution in [-0.4, -0.2) is 0 Å². The first-order valence-electron chi connectivity index (χ1n) is 6.21. The van der Waals surface area contributed by atoms with E-state index in [0.717, 1.165) is 18.5 Å². The molecule has 0 aliphatic carbocycles. The van der Waals surface area contributed by atoms with Crippen molar-refractivity contribution in [3.05, 3.63) is 52.8 Å². The zero-order valence-corrected chi connectivity index (χ0v) is 11.5. The number of rotatable bonds is 4. The van der Waals surface area contributed by atoms with E-state index in [-0.39, 0.29) is 5.02 Å². The van der Waals surface area contributed by atoms with Crippen LogP contribution in [0.25, 0.3) is 0 Å². The Hall–Kier alpha value is -1.74. The fourth-order valence-electron chi connectivity index (χ4n) is 1.95. The Morgan fingerprint density at radius 2 is 1.95 bits per heavy atom. The molecule has 2 nitrogen and oxygen atoms in total. The number of hydrogen-bond donors (Lipinski definition) is 2. The van der Waals surface area contributed by atoms with Crippen molar-refractivity contribution in [3.8, 4) is 0 Å². The van der Waals surface area contributed by atoms with Gasteiger partial charge < -0.3 is 11.1 Å². The molecule has 0 aliphatic heterocycles. The summed E-state index contributed by atoms with van der Waals surface area (Å²) in [6, 6.07) is 10.7. The molecule has 0 spiro atoms. The van der Waals surface area contributed by atoms with E-state index in [2.05, 4.69) is 18.3 Å². The fourth-order valence-corrected chi connectivity index (χ4v) is 2.11. The van der Waals surface area contributed by atoms with Crippen molar-refractivity contribution in [2.24, 2.45) is 0 Å². The lowest BCUT2D eigenvalue weighted by Crippen LogP contribution is -2.00. The van der Waals surface area contributed by atoms with Crippen molar-refractivity contribution in [3.63, 3.8) is 0 Å². The number of halogens is 2. The van der Waals surface area contributed by atoms with E-state index < -0.39 is 5.82 Å². The molecule has 19 heavy (non-hydrogen) atoms. The number of nitrogens with one attached hydrogen (secondary N) is 1. The molecule has 2 aromatic carbocycles. The normalized spacial score (nSPS) is 10.5. The quantitative estimate of drug-likeness (QED) is 0.792. The van der Waals surface area contributed by atoms with E-state index in [0.29, 0.717) is 11.4 Å². The standard InChI is InChI=1S/C15H16ClFN2/c1-2-5-10-6-3-4-7-14(10)19-15-8-11(16)12(17)9-13(15)18/h3-4,6-9,19H,2,5,18H2,1H3. The molecule has 0 atom stereocenters. The maximum Gasteiger partial charge on any atom is 0.143 e. The van der Waals surface area contributed by atoms with Crippen LogP contribution in [0.2, 0.25) is 5.02 Å². The summed E-state index contributed by atoms with van der Waals surface area (Å²) in [5, 5.41) is 3.28. The number of benzene rings is 2. The van der Waals surface area contributed by atoms with E-state index >= 15 is 0 Å². The predicted molar refractivity (Wildman–Crippen MR) is 79.5 cm³/mol. The second-order valence-corrected chi connectivity index (χ2v) is 4.79. The second kappa shape index (κ2) is 5.93. The summed E-state index contributed by atoms with van der Waals surface area (Å²) in [5.41, 5.74) is 8.93. The zero-order chi connectivity index (χ0) is 13.8. The Kier molecular flexibility index (Phi) is 4.27. The van der Waals surface area contributed by atoms with Gasteiger partial charge in [0.1, 0.15) is 5.82 Å². The van der Waals surface area contributed by atoms with Crippen LogP contribution in [-0.2, 0) is 6.42 Å². The third-order valence-corrected chi connectivity index (χ3v) is 3.19. The fraction of sp³-hybridized carbons (Fsp3) is 0.200. The SMILES string of the molecule is CCCc1ccccc1Nc1cc(Cl)c(F)cc1N. The van der Waals surface area contributed by atoms with Gasteiger partial charge in [-0.1, -0.05) is 43.1 Å². The number of hydrogen-bond acceptors (Lipinski definition) is 2. The molecule has 0 amide bonds. The molecule has 0 unspecified atom stereocenters. The summed E-state index contributed by atoms with van der Waals surface area (Å²) >= 11 is 5.78. The predicted octanol–water partition coefficient (Wildman–Crippen LogP) is 4.76. The van der Waals surface area contributed by atoms with Crippen LogP contribution in [0, 0.1) is 5.82 Å². The molecular formula is C15H16ClFN2. The molecule has 2 aromatic rings. The van der Waals surface area contributed by atoms with E-state index in [1.807, 2.05) is 18.2 Å². The van der Waals surface area contributed by atoms with Crippen molar-refractivity contribution >= 4 is 28.7 Å². The smallest absolute Gasteiger partial charge is 0.143 e. The van der Waals surface area contributed by atoms with Gasteiger partial charge in [-0.05, 0) is 24.1 Å². The highest BCUT2D eigenvalue weighted by atomic mass is 35.5. The number of nitrogen functional groups attached to an aromatic ring is 1. The van der Waals surface area contributed by atoms with Gasteiger partial charge in [-0.15, -0.1) is 0 Å². The minimum Gasteiger partial charge on any atom is -0.397 e. The number of anilines is 3. The Morgan fingerprint density at radius 1 is 1.21 bits per heavy atom. The molecular weight excluding hydrogens is 263 g/mol. The van der Waals surface area contributed by atoms with Crippen molar-refractivity contribution in [1.82, 2.24) is 0 Å². The summed E-state index contributed by atoms with van der Waals surface area (Å²) in [6.45, 7) is 2.12. The van der Waals surface area contributed by atoms with E-state index in [4.69, 9.17) is 17.3 Å². The Morgan fingerprint density at radius 3 is 2.68 bits per heavy atom. The van der Waals surface area contributed by atoms with Gasteiger partial charge >= 0.3 is 0 Å². The van der Waals surface area contributed by atoms with Gasteiger partial charge in [0.2, 0.25) is 0 Å². The highest BCUT2D eigenvalue weighted by Gasteiger charge is 2.08. The van der Waals surface area contributed by atoms with Crippen LogP contribution >= 0.6 is 11.6 Å². The molecule has 0 heterocycles. The molecule has 3 N–H and O–H groups in total. The average molecular weight is 279 g/mol. The van der Waals surface area contributed by atoms with Crippen LogP contribution in [0.5, 0.6) is 0 Å². The zero-order valence-electron chi connectivity index (χ0n) is 10.7. The molecule has 100 valence electrons. The summed E-state index contributed by atoms with van der Waals surface area (Å²) < 4.78 is 13.3. The largest absolute Gasteiger partial charge is 0.397 e. The molecule has 0 fully saturated rings. The van der Waals surface area contributed by atoms with Gasteiger partial charge in [0.25, 0.3) is 0 Å². The minimum absolute atomic E-state index is 0.0599. The molecule has 0 aliphatic rings. The first-order chi connectivity index (χ1) is 9.11. The van der Waals surface area contributed by atoms with E-state index in [1.54, 1.807) is 0 Å². The van der Waals surface area contributed by atoms with Gasteiger partial charge in [0.05, 0.1) is 16.4 Å². The van der Waals surface area contributed by atoms with Crippen molar-refractivity contribution in [2.45, 2.75) is 19.8 Å². The van der Waals surface area contributed by atoms with Gasteiger partial charge in [-0.25, -0.2) is 4.39 Å². The monoisotopic (exact) mass is 278 g/mol. The van der Waals surface area contributed by atoms with Gasteiger partial charge in [-0.3, -0.25) is 0 Å². The molecule has 2 rings (SSSR count). The first-order valence-corrected chi connectivity index (χ1v) is 6.59. The molecule has 0 bridgehead atoms. The Bertz CT molecular complexity index is 584. The number of nitrogens with two attached hydrogens (primary N) is 1. The number of para-hydroxylation sites is 1. The Balaban J connectivity index is 2.33. The van der Waals surface area contributed by atoms with Crippen molar-refractivity contribution in [1.29, 1.82) is 0 Å². The van der Waals surface area contributed by atoms with Gasteiger partial charge in [0, 0.05) is 11.8 Å². The lowest BCUT2D eigenvalue weighted by atomic mass is 10.1. The second-order valence-electron chi connectivity index (χ2n) is 4.39. The Labute approximate surface area is 117 Å². The summed E-state index contributed by atoms with van der Waals surface area (Å²) in [5.74, 6) is -0.508. The lowest BCUT2D eigenvalue weighted by Gasteiger charge is -2.14. The average Bonchev–Trinajstić information content (AvgIpc) is 2.38. The third kappa shape index (κ3) is 3.18. The summed E-state index contributed by atoms with van der Waals surface area (Å²) in [7, 11) is 0. The molecule has 4 heteroatoms. The van der Waals surface area contributed by atoms with E-state index in [9.17, 15) is 4.39 Å². The highest BCUT2D eigenvalue weighted by Crippen LogP contribution is 2.30. The van der Waals surface area contributed by atoms with Gasteiger partial charge in [-0.2, -0.15) is 0 Å². The molecule has 0 aromatic heterocycles. The summed E-state index contributed by atoms with van der Waals surface area (Å²) in [6.07, 6.45) is 2.02. The van der Waals surface area contributed by atoms with Crippen LogP contribution in [0.1, 0.15) is 18.9 Å². The van der Waals surface area contributed by atoms with Crippen molar-refractivity contribution in [2.75, 3.05) is 11.1 Å². The van der Waals surface area contributed by atoms with Gasteiger partial charge in [0.15, 0.2) is 0 Å². The topological polar surface area (TPSA) is 38.0 Å². The lowest BCUT2D eigenvalue weighted by molar-refractivity contribution is 0.629.